The molecule has 2 aromatic heterocycles. The Morgan fingerprint density at radius 3 is 2.61 bits per heavy atom. The number of rotatable bonds is 4. The molecule has 0 amide bonds. The second kappa shape index (κ2) is 7.94. The highest BCUT2D eigenvalue weighted by Gasteiger charge is 2.26. The van der Waals surface area contributed by atoms with Crippen molar-refractivity contribution < 1.29 is 0 Å². The van der Waals surface area contributed by atoms with Gasteiger partial charge in [0.05, 0.1) is 5.69 Å². The minimum absolute atomic E-state index is 0.200. The maximum absolute atomic E-state index is 5.47. The summed E-state index contributed by atoms with van der Waals surface area (Å²) in [4.78, 5) is 4.43. The van der Waals surface area contributed by atoms with E-state index in [4.69, 9.17) is 17.3 Å². The van der Waals surface area contributed by atoms with Gasteiger partial charge < -0.3 is 10.6 Å². The number of nitrogens with zero attached hydrogens (tertiary/aromatic N) is 3. The summed E-state index contributed by atoms with van der Waals surface area (Å²) in [6.07, 6.45) is 7.19. The molecule has 1 aliphatic rings. The molecule has 4 rings (SSSR count). The lowest BCUT2D eigenvalue weighted by molar-refractivity contribution is 0.656. The van der Waals surface area contributed by atoms with Crippen LogP contribution in [0.5, 0.6) is 0 Å². The van der Waals surface area contributed by atoms with Crippen LogP contribution in [0.3, 0.4) is 0 Å². The fourth-order valence-corrected chi connectivity index (χ4v) is 4.04. The van der Waals surface area contributed by atoms with Crippen molar-refractivity contribution in [1.29, 1.82) is 0 Å². The number of benzene rings is 1. The Bertz CT molecular complexity index is 995. The van der Waals surface area contributed by atoms with E-state index in [1.54, 1.807) is 6.20 Å². The van der Waals surface area contributed by atoms with Gasteiger partial charge in [0.15, 0.2) is 10.9 Å². The summed E-state index contributed by atoms with van der Waals surface area (Å²) in [5.41, 5.74) is 4.44. The molecule has 2 N–H and O–H groups in total. The summed E-state index contributed by atoms with van der Waals surface area (Å²) >= 11 is 5.47. The van der Waals surface area contributed by atoms with Gasteiger partial charge in [0.2, 0.25) is 0 Å². The van der Waals surface area contributed by atoms with Crippen LogP contribution >= 0.6 is 12.2 Å². The van der Waals surface area contributed by atoms with E-state index in [2.05, 4.69) is 41.6 Å². The number of aryl methyl sites for hydroxylation is 1. The van der Waals surface area contributed by atoms with Crippen molar-refractivity contribution in [2.75, 3.05) is 5.32 Å². The summed E-state index contributed by atoms with van der Waals surface area (Å²) in [5.74, 6) is 1.16. The van der Waals surface area contributed by atoms with Gasteiger partial charge in [-0.1, -0.05) is 36.4 Å². The van der Waals surface area contributed by atoms with Gasteiger partial charge in [0.25, 0.3) is 0 Å². The van der Waals surface area contributed by atoms with Crippen molar-refractivity contribution >= 4 is 23.0 Å². The van der Waals surface area contributed by atoms with Crippen LogP contribution in [-0.2, 0) is 0 Å². The Morgan fingerprint density at radius 1 is 1.07 bits per heavy atom. The molecule has 1 aliphatic carbocycles. The van der Waals surface area contributed by atoms with E-state index in [1.807, 2.05) is 53.2 Å². The number of anilines is 1. The molecule has 1 aromatic carbocycles. The van der Waals surface area contributed by atoms with E-state index < -0.39 is 0 Å². The van der Waals surface area contributed by atoms with Crippen LogP contribution < -0.4 is 10.6 Å². The summed E-state index contributed by atoms with van der Waals surface area (Å²) in [7, 11) is 0. The third kappa shape index (κ3) is 3.82. The summed E-state index contributed by atoms with van der Waals surface area (Å²) in [6.45, 7) is 4.18. The van der Waals surface area contributed by atoms with Crippen molar-refractivity contribution in [1.82, 2.24) is 20.1 Å². The van der Waals surface area contributed by atoms with Gasteiger partial charge in [-0.15, -0.1) is 0 Å². The molecule has 142 valence electrons. The van der Waals surface area contributed by atoms with E-state index in [9.17, 15) is 0 Å². The number of para-hydroxylation sites is 1. The Kier molecular flexibility index (Phi) is 5.21. The maximum atomic E-state index is 5.47. The molecule has 2 atom stereocenters. The molecular weight excluding hydrogens is 366 g/mol. The van der Waals surface area contributed by atoms with Crippen LogP contribution in [0.15, 0.2) is 66.9 Å². The van der Waals surface area contributed by atoms with Gasteiger partial charge in [-0.3, -0.25) is 0 Å². The van der Waals surface area contributed by atoms with E-state index >= 15 is 0 Å². The fourth-order valence-electron chi connectivity index (χ4n) is 3.77. The van der Waals surface area contributed by atoms with Gasteiger partial charge >= 0.3 is 0 Å². The number of allylic oxidation sites excluding steroid dienone is 1. The first-order valence-electron chi connectivity index (χ1n) is 9.40. The molecule has 0 aliphatic heterocycles. The van der Waals surface area contributed by atoms with E-state index in [-0.39, 0.29) is 6.04 Å². The van der Waals surface area contributed by atoms with Crippen molar-refractivity contribution in [3.63, 3.8) is 0 Å². The molecule has 0 spiro atoms. The molecule has 0 saturated heterocycles. The lowest BCUT2D eigenvalue weighted by atomic mass is 9.96. The molecule has 0 radical (unpaired) electrons. The minimum Gasteiger partial charge on any atom is -0.356 e. The molecular formula is C22H23N5S. The quantitative estimate of drug-likeness (QED) is 0.515. The zero-order chi connectivity index (χ0) is 19.5. The molecule has 28 heavy (non-hydrogen) atoms. The predicted octanol–water partition coefficient (Wildman–Crippen LogP) is 4.28. The molecule has 6 heteroatoms. The standard InChI is InChI=1S/C22H23N5S/c1-15-21(16(2)27(26-15)20-10-6-7-13-23-20)17-11-12-19(14-17)25-22(28)24-18-8-4-3-5-9-18/h3-13,17,19H,14H2,1-2H3,(H2,24,25,28). The molecule has 0 saturated carbocycles. The first kappa shape index (κ1) is 18.4. The average Bonchev–Trinajstić information content (AvgIpc) is 3.26. The highest BCUT2D eigenvalue weighted by Crippen LogP contribution is 2.33. The van der Waals surface area contributed by atoms with Crippen molar-refractivity contribution in [3.8, 4) is 5.82 Å². The SMILES string of the molecule is Cc1nn(-c2ccccn2)c(C)c1C1C=CC(NC(=S)Nc2ccccc2)C1. The Morgan fingerprint density at radius 2 is 1.86 bits per heavy atom. The monoisotopic (exact) mass is 389 g/mol. The van der Waals surface area contributed by atoms with Gasteiger partial charge in [-0.2, -0.15) is 5.10 Å². The maximum Gasteiger partial charge on any atom is 0.171 e. The number of hydrogen-bond acceptors (Lipinski definition) is 3. The second-order valence-corrected chi connectivity index (χ2v) is 7.39. The van der Waals surface area contributed by atoms with Crippen LogP contribution in [0.1, 0.15) is 29.3 Å². The van der Waals surface area contributed by atoms with Gasteiger partial charge in [-0.25, -0.2) is 9.67 Å². The Hall–Kier alpha value is -2.99. The van der Waals surface area contributed by atoms with Crippen LogP contribution in [0.4, 0.5) is 5.69 Å². The van der Waals surface area contributed by atoms with Gasteiger partial charge in [0.1, 0.15) is 0 Å². The van der Waals surface area contributed by atoms with E-state index in [1.165, 1.54) is 5.56 Å². The first-order valence-corrected chi connectivity index (χ1v) is 9.81. The highest BCUT2D eigenvalue weighted by molar-refractivity contribution is 7.80. The number of pyridine rings is 1. The van der Waals surface area contributed by atoms with Crippen molar-refractivity contribution in [3.05, 3.63) is 83.8 Å². The Labute approximate surface area is 170 Å². The largest absolute Gasteiger partial charge is 0.356 e. The first-order chi connectivity index (χ1) is 13.6. The normalized spacial score (nSPS) is 18.2. The fraction of sp³-hybridized carbons (Fsp3) is 0.227. The van der Waals surface area contributed by atoms with Crippen LogP contribution in [-0.4, -0.2) is 25.9 Å². The van der Waals surface area contributed by atoms with E-state index in [0.29, 0.717) is 11.0 Å². The summed E-state index contributed by atoms with van der Waals surface area (Å²) < 4.78 is 1.93. The third-order valence-electron chi connectivity index (χ3n) is 5.02. The number of thiocarbonyl (C=S) groups is 1. The molecule has 2 heterocycles. The summed E-state index contributed by atoms with van der Waals surface area (Å²) in [6, 6.07) is 16.0. The van der Waals surface area contributed by atoms with Crippen molar-refractivity contribution in [2.24, 2.45) is 0 Å². The van der Waals surface area contributed by atoms with Crippen LogP contribution in [0.2, 0.25) is 0 Å². The van der Waals surface area contributed by atoms with Crippen LogP contribution in [0.25, 0.3) is 5.82 Å². The number of hydrogen-bond donors (Lipinski definition) is 2. The topological polar surface area (TPSA) is 54.8 Å². The summed E-state index contributed by atoms with van der Waals surface area (Å²) in [5, 5.41) is 12.0. The molecule has 3 aromatic rings. The van der Waals surface area contributed by atoms with Crippen molar-refractivity contribution in [2.45, 2.75) is 32.2 Å². The minimum atomic E-state index is 0.200. The lowest BCUT2D eigenvalue weighted by Crippen LogP contribution is -2.35. The zero-order valence-electron chi connectivity index (χ0n) is 16.0. The zero-order valence-corrected chi connectivity index (χ0v) is 16.8. The van der Waals surface area contributed by atoms with Gasteiger partial charge in [0, 0.05) is 35.1 Å². The van der Waals surface area contributed by atoms with Crippen LogP contribution in [0, 0.1) is 13.8 Å². The highest BCUT2D eigenvalue weighted by atomic mass is 32.1. The second-order valence-electron chi connectivity index (χ2n) is 6.98. The lowest BCUT2D eigenvalue weighted by Gasteiger charge is -2.17. The smallest absolute Gasteiger partial charge is 0.171 e. The van der Waals surface area contributed by atoms with E-state index in [0.717, 1.165) is 29.3 Å². The molecule has 0 fully saturated rings. The average molecular weight is 390 g/mol. The molecule has 0 bridgehead atoms. The molecule has 5 nitrogen and oxygen atoms in total. The van der Waals surface area contributed by atoms with Gasteiger partial charge in [-0.05, 0) is 56.8 Å². The molecule has 2 unspecified atom stereocenters. The number of aromatic nitrogens is 3. The third-order valence-corrected chi connectivity index (χ3v) is 5.24. The Balaban J connectivity index is 1.44. The number of nitrogens with one attached hydrogen (secondary N) is 2. The predicted molar refractivity (Wildman–Crippen MR) is 117 cm³/mol.